The molecule has 0 aliphatic rings. The molecule has 0 radical (unpaired) electrons. The highest BCUT2D eigenvalue weighted by atomic mass is 79.9. The van der Waals surface area contributed by atoms with Crippen LogP contribution in [0.5, 0.6) is 11.6 Å². The smallest absolute Gasteiger partial charge is 0.233 e. The molecule has 1 aromatic heterocycles. The number of anilines is 1. The summed E-state index contributed by atoms with van der Waals surface area (Å²) in [6.45, 7) is 6.15. The minimum Gasteiger partial charge on any atom is -0.438 e. The SMILES string of the molecule is Cc1cc(C)c(C)c(Oc2ncc(N)cc2Br)c1. The molecular weight excluding hydrogens is 292 g/mol. The Morgan fingerprint density at radius 2 is 1.89 bits per heavy atom. The molecule has 2 N–H and O–H groups in total. The number of halogens is 1. The van der Waals surface area contributed by atoms with Gasteiger partial charge in [0, 0.05) is 0 Å². The first-order valence-corrected chi connectivity index (χ1v) is 6.43. The van der Waals surface area contributed by atoms with Crippen LogP contribution in [0.15, 0.2) is 28.9 Å². The maximum Gasteiger partial charge on any atom is 0.233 e. The van der Waals surface area contributed by atoms with Crippen LogP contribution in [0.3, 0.4) is 0 Å². The molecule has 0 saturated heterocycles. The molecule has 0 atom stereocenters. The van der Waals surface area contributed by atoms with Crippen molar-refractivity contribution in [1.82, 2.24) is 4.98 Å². The van der Waals surface area contributed by atoms with Crippen molar-refractivity contribution in [3.63, 3.8) is 0 Å². The fraction of sp³-hybridized carbons (Fsp3) is 0.214. The van der Waals surface area contributed by atoms with Crippen molar-refractivity contribution in [3.8, 4) is 11.6 Å². The summed E-state index contributed by atoms with van der Waals surface area (Å²) in [6, 6.07) is 5.92. The molecule has 0 bridgehead atoms. The molecule has 0 aliphatic heterocycles. The van der Waals surface area contributed by atoms with Crippen molar-refractivity contribution in [3.05, 3.63) is 45.6 Å². The second kappa shape index (κ2) is 4.98. The van der Waals surface area contributed by atoms with Crippen molar-refractivity contribution in [1.29, 1.82) is 0 Å². The summed E-state index contributed by atoms with van der Waals surface area (Å²) in [5.74, 6) is 1.35. The maximum atomic E-state index is 5.84. The third kappa shape index (κ3) is 2.64. The Balaban J connectivity index is 2.40. The molecule has 2 rings (SSSR count). The first-order valence-electron chi connectivity index (χ1n) is 5.64. The van der Waals surface area contributed by atoms with E-state index in [1.165, 1.54) is 11.1 Å². The molecule has 1 heterocycles. The van der Waals surface area contributed by atoms with Gasteiger partial charge in [-0.15, -0.1) is 0 Å². The van der Waals surface area contributed by atoms with Gasteiger partial charge in [-0.3, -0.25) is 0 Å². The lowest BCUT2D eigenvalue weighted by molar-refractivity contribution is 0.455. The Hall–Kier alpha value is -1.55. The van der Waals surface area contributed by atoms with E-state index in [1.807, 2.05) is 19.9 Å². The average molecular weight is 307 g/mol. The number of aryl methyl sites for hydroxylation is 2. The van der Waals surface area contributed by atoms with Gasteiger partial charge in [0.05, 0.1) is 16.4 Å². The van der Waals surface area contributed by atoms with Crippen LogP contribution in [0.25, 0.3) is 0 Å². The number of benzene rings is 1. The summed E-state index contributed by atoms with van der Waals surface area (Å²) in [5, 5.41) is 0. The minimum absolute atomic E-state index is 0.525. The number of pyridine rings is 1. The van der Waals surface area contributed by atoms with Crippen LogP contribution in [0.4, 0.5) is 5.69 Å². The van der Waals surface area contributed by atoms with E-state index in [4.69, 9.17) is 10.5 Å². The van der Waals surface area contributed by atoms with E-state index in [-0.39, 0.29) is 0 Å². The van der Waals surface area contributed by atoms with E-state index < -0.39 is 0 Å². The van der Waals surface area contributed by atoms with Gasteiger partial charge in [0.15, 0.2) is 0 Å². The highest BCUT2D eigenvalue weighted by Gasteiger charge is 2.09. The molecular formula is C14H15BrN2O. The summed E-state index contributed by atoms with van der Waals surface area (Å²) < 4.78 is 6.59. The number of hydrogen-bond acceptors (Lipinski definition) is 3. The van der Waals surface area contributed by atoms with Crippen molar-refractivity contribution in [2.45, 2.75) is 20.8 Å². The number of ether oxygens (including phenoxy) is 1. The highest BCUT2D eigenvalue weighted by Crippen LogP contribution is 2.32. The summed E-state index contributed by atoms with van der Waals surface area (Å²) in [5.41, 5.74) is 9.74. The zero-order valence-corrected chi connectivity index (χ0v) is 12.2. The summed E-state index contributed by atoms with van der Waals surface area (Å²) in [6.07, 6.45) is 1.58. The van der Waals surface area contributed by atoms with E-state index in [1.54, 1.807) is 12.3 Å². The maximum absolute atomic E-state index is 5.84. The van der Waals surface area contributed by atoms with Gasteiger partial charge in [-0.25, -0.2) is 4.98 Å². The topological polar surface area (TPSA) is 48.1 Å². The van der Waals surface area contributed by atoms with Crippen LogP contribution in [0, 0.1) is 20.8 Å². The quantitative estimate of drug-likeness (QED) is 0.907. The number of nitrogen functional groups attached to an aromatic ring is 1. The Kier molecular flexibility index (Phi) is 3.57. The summed E-state index contributed by atoms with van der Waals surface area (Å²) in [7, 11) is 0. The lowest BCUT2D eigenvalue weighted by Gasteiger charge is -2.12. The molecule has 1 aromatic carbocycles. The number of aromatic nitrogens is 1. The average Bonchev–Trinajstić information content (AvgIpc) is 2.29. The predicted octanol–water partition coefficient (Wildman–Crippen LogP) is 4.14. The standard InChI is InChI=1S/C14H15BrN2O/c1-8-4-9(2)10(3)13(5-8)18-14-12(15)6-11(16)7-17-14/h4-7H,16H2,1-3H3. The zero-order chi connectivity index (χ0) is 13.3. The molecule has 18 heavy (non-hydrogen) atoms. The zero-order valence-electron chi connectivity index (χ0n) is 10.6. The Labute approximate surface area is 115 Å². The molecule has 0 spiro atoms. The predicted molar refractivity (Wildman–Crippen MR) is 77.1 cm³/mol. The normalized spacial score (nSPS) is 10.4. The van der Waals surface area contributed by atoms with Crippen LogP contribution in [-0.4, -0.2) is 4.98 Å². The lowest BCUT2D eigenvalue weighted by atomic mass is 10.1. The molecule has 0 saturated carbocycles. The van der Waals surface area contributed by atoms with Crippen LogP contribution in [0.2, 0.25) is 0 Å². The third-order valence-corrected chi connectivity index (χ3v) is 3.37. The first kappa shape index (κ1) is 12.9. The van der Waals surface area contributed by atoms with Gasteiger partial charge in [0.1, 0.15) is 5.75 Å². The van der Waals surface area contributed by atoms with Crippen molar-refractivity contribution < 1.29 is 4.74 Å². The van der Waals surface area contributed by atoms with Gasteiger partial charge in [-0.2, -0.15) is 0 Å². The van der Waals surface area contributed by atoms with Crippen LogP contribution in [0.1, 0.15) is 16.7 Å². The van der Waals surface area contributed by atoms with Gasteiger partial charge in [0.2, 0.25) is 5.88 Å². The van der Waals surface area contributed by atoms with E-state index in [2.05, 4.69) is 33.9 Å². The first-order chi connectivity index (χ1) is 8.47. The molecule has 4 heteroatoms. The van der Waals surface area contributed by atoms with Crippen molar-refractivity contribution in [2.24, 2.45) is 0 Å². The summed E-state index contributed by atoms with van der Waals surface area (Å²) >= 11 is 3.40. The monoisotopic (exact) mass is 306 g/mol. The largest absolute Gasteiger partial charge is 0.438 e. The van der Waals surface area contributed by atoms with Crippen LogP contribution >= 0.6 is 15.9 Å². The van der Waals surface area contributed by atoms with Gasteiger partial charge in [-0.05, 0) is 65.5 Å². The second-order valence-electron chi connectivity index (χ2n) is 4.36. The van der Waals surface area contributed by atoms with Gasteiger partial charge in [0.25, 0.3) is 0 Å². The molecule has 0 aliphatic carbocycles. The van der Waals surface area contributed by atoms with Crippen molar-refractivity contribution in [2.75, 3.05) is 5.73 Å². The molecule has 94 valence electrons. The summed E-state index contributed by atoms with van der Waals surface area (Å²) in [4.78, 5) is 4.18. The Morgan fingerprint density at radius 3 is 2.56 bits per heavy atom. The van der Waals surface area contributed by atoms with E-state index >= 15 is 0 Å². The van der Waals surface area contributed by atoms with Crippen LogP contribution < -0.4 is 10.5 Å². The van der Waals surface area contributed by atoms with Crippen LogP contribution in [-0.2, 0) is 0 Å². The Bertz CT molecular complexity index is 597. The molecule has 0 amide bonds. The number of rotatable bonds is 2. The fourth-order valence-corrected chi connectivity index (χ4v) is 2.17. The van der Waals surface area contributed by atoms with E-state index in [9.17, 15) is 0 Å². The number of hydrogen-bond donors (Lipinski definition) is 1. The molecule has 0 fully saturated rings. The van der Waals surface area contributed by atoms with E-state index in [0.29, 0.717) is 11.6 Å². The van der Waals surface area contributed by atoms with Gasteiger partial charge >= 0.3 is 0 Å². The second-order valence-corrected chi connectivity index (χ2v) is 5.22. The molecule has 2 aromatic rings. The number of nitrogens with two attached hydrogens (primary N) is 1. The highest BCUT2D eigenvalue weighted by molar-refractivity contribution is 9.10. The van der Waals surface area contributed by atoms with Gasteiger partial charge < -0.3 is 10.5 Å². The minimum atomic E-state index is 0.525. The lowest BCUT2D eigenvalue weighted by Crippen LogP contribution is -1.95. The Morgan fingerprint density at radius 1 is 1.17 bits per heavy atom. The van der Waals surface area contributed by atoms with Gasteiger partial charge in [-0.1, -0.05) is 6.07 Å². The van der Waals surface area contributed by atoms with Crippen molar-refractivity contribution >= 4 is 21.6 Å². The van der Waals surface area contributed by atoms with E-state index in [0.717, 1.165) is 15.8 Å². The molecule has 0 unspecified atom stereocenters. The fourth-order valence-electron chi connectivity index (χ4n) is 1.73. The molecule has 3 nitrogen and oxygen atoms in total. The third-order valence-electron chi connectivity index (χ3n) is 2.80. The number of nitrogens with zero attached hydrogens (tertiary/aromatic N) is 1.